The first kappa shape index (κ1) is 22.1. The molecule has 3 heterocycles. The zero-order chi connectivity index (χ0) is 23.0. The maximum atomic E-state index is 13.0. The molecule has 3 aliphatic heterocycles. The van der Waals surface area contributed by atoms with Gasteiger partial charge >= 0.3 is 0 Å². The van der Waals surface area contributed by atoms with Gasteiger partial charge in [0.25, 0.3) is 11.8 Å². The van der Waals surface area contributed by atoms with Crippen molar-refractivity contribution in [1.29, 1.82) is 0 Å². The van der Waals surface area contributed by atoms with Gasteiger partial charge in [-0.1, -0.05) is 24.3 Å². The molecular weight excluding hydrogens is 418 g/mol. The summed E-state index contributed by atoms with van der Waals surface area (Å²) in [5.74, 6) is -0.260. The molecule has 2 amide bonds. The highest BCUT2D eigenvalue weighted by atomic mass is 16.5. The molecule has 3 unspecified atom stereocenters. The second-order valence-corrected chi connectivity index (χ2v) is 9.65. The van der Waals surface area contributed by atoms with Crippen LogP contribution in [0.3, 0.4) is 0 Å². The number of carbonyl (C=O) groups excluding carboxylic acids is 2. The Morgan fingerprint density at radius 3 is 2.42 bits per heavy atom. The Hall–Kier alpha value is -2.74. The van der Waals surface area contributed by atoms with Crippen molar-refractivity contribution in [2.75, 3.05) is 19.8 Å². The van der Waals surface area contributed by atoms with Gasteiger partial charge in [-0.25, -0.2) is 0 Å². The number of aliphatic hydroxyl groups is 1. The molecular formula is C26H31N3O4. The van der Waals surface area contributed by atoms with Crippen molar-refractivity contribution in [3.8, 4) is 0 Å². The van der Waals surface area contributed by atoms with Crippen molar-refractivity contribution in [1.82, 2.24) is 15.5 Å². The predicted molar refractivity (Wildman–Crippen MR) is 124 cm³/mol. The van der Waals surface area contributed by atoms with E-state index in [4.69, 9.17) is 4.74 Å². The van der Waals surface area contributed by atoms with Crippen LogP contribution in [0.4, 0.5) is 0 Å². The predicted octanol–water partition coefficient (Wildman–Crippen LogP) is 1.89. The van der Waals surface area contributed by atoms with E-state index in [9.17, 15) is 14.7 Å². The van der Waals surface area contributed by atoms with Crippen molar-refractivity contribution in [2.24, 2.45) is 0 Å². The van der Waals surface area contributed by atoms with Crippen molar-refractivity contribution < 1.29 is 19.4 Å². The van der Waals surface area contributed by atoms with Gasteiger partial charge in [0.1, 0.15) is 0 Å². The number of aliphatic hydroxyl groups excluding tert-OH is 1. The number of morpholine rings is 1. The summed E-state index contributed by atoms with van der Waals surface area (Å²) in [5, 5.41) is 17.1. The normalized spacial score (nSPS) is 27.0. The molecule has 0 aliphatic carbocycles. The third-order valence-electron chi connectivity index (χ3n) is 7.42. The van der Waals surface area contributed by atoms with Gasteiger partial charge in [0.15, 0.2) is 0 Å². The second-order valence-electron chi connectivity index (χ2n) is 9.65. The summed E-state index contributed by atoms with van der Waals surface area (Å²) in [7, 11) is 0. The minimum atomic E-state index is -0.743. The van der Waals surface area contributed by atoms with E-state index in [2.05, 4.69) is 22.8 Å². The van der Waals surface area contributed by atoms with E-state index < -0.39 is 11.6 Å². The number of nitrogens with zero attached hydrogens (tertiary/aromatic N) is 1. The zero-order valence-electron chi connectivity index (χ0n) is 18.9. The van der Waals surface area contributed by atoms with Gasteiger partial charge in [-0.05, 0) is 61.6 Å². The Labute approximate surface area is 194 Å². The van der Waals surface area contributed by atoms with Crippen LogP contribution in [0.25, 0.3) is 0 Å². The summed E-state index contributed by atoms with van der Waals surface area (Å²) in [6.07, 6.45) is 1.92. The highest BCUT2D eigenvalue weighted by Gasteiger charge is 2.40. The van der Waals surface area contributed by atoms with Crippen LogP contribution >= 0.6 is 0 Å². The third-order valence-corrected chi connectivity index (χ3v) is 7.42. The third kappa shape index (κ3) is 4.28. The molecule has 0 aromatic heterocycles. The summed E-state index contributed by atoms with van der Waals surface area (Å²) in [4.78, 5) is 27.6. The Balaban J connectivity index is 1.18. The maximum Gasteiger partial charge on any atom is 0.254 e. The fourth-order valence-electron chi connectivity index (χ4n) is 5.28. The largest absolute Gasteiger partial charge is 0.389 e. The van der Waals surface area contributed by atoms with Crippen LogP contribution in [0.5, 0.6) is 0 Å². The fraction of sp³-hybridized carbons (Fsp3) is 0.462. The van der Waals surface area contributed by atoms with E-state index in [-0.39, 0.29) is 30.4 Å². The monoisotopic (exact) mass is 449 g/mol. The molecule has 4 atom stereocenters. The standard InChI is InChI=1S/C26H31N3O4/c1-26(12-19-4-2-3-5-20(19)13-28-26)23(30)14-27-24(31)17-6-8-18(9-7-17)25(32)29-21-10-11-22(29)16-33-15-21/h2-9,21-23,28,30H,10-16H2,1H3,(H,27,31)/t21?,22?,23?,26-/m1/s1. The average molecular weight is 450 g/mol. The first-order valence-electron chi connectivity index (χ1n) is 11.7. The number of carbonyl (C=O) groups is 2. The summed E-state index contributed by atoms with van der Waals surface area (Å²) in [6.45, 7) is 4.02. The number of rotatable bonds is 5. The van der Waals surface area contributed by atoms with Crippen LogP contribution in [-0.4, -0.2) is 65.3 Å². The topological polar surface area (TPSA) is 90.9 Å². The van der Waals surface area contributed by atoms with Gasteiger partial charge in [-0.2, -0.15) is 0 Å². The van der Waals surface area contributed by atoms with E-state index in [0.29, 0.717) is 37.3 Å². The SMILES string of the molecule is C[C@]1(C(O)CNC(=O)c2ccc(C(=O)N3C4CCC3COC4)cc2)Cc2ccccc2CN1. The molecule has 174 valence electrons. The minimum absolute atomic E-state index is 0.00441. The van der Waals surface area contributed by atoms with Crippen molar-refractivity contribution in [3.63, 3.8) is 0 Å². The van der Waals surface area contributed by atoms with Crippen LogP contribution < -0.4 is 10.6 Å². The van der Waals surface area contributed by atoms with E-state index in [1.54, 1.807) is 24.3 Å². The molecule has 3 aliphatic rings. The van der Waals surface area contributed by atoms with E-state index in [1.165, 1.54) is 11.1 Å². The molecule has 0 saturated carbocycles. The van der Waals surface area contributed by atoms with Gasteiger partial charge in [-0.15, -0.1) is 0 Å². The lowest BCUT2D eigenvalue weighted by Gasteiger charge is -2.40. The van der Waals surface area contributed by atoms with Crippen LogP contribution in [0.2, 0.25) is 0 Å². The van der Waals surface area contributed by atoms with Gasteiger partial charge < -0.3 is 25.4 Å². The number of hydrogen-bond donors (Lipinski definition) is 3. The molecule has 2 fully saturated rings. The smallest absolute Gasteiger partial charge is 0.254 e. The van der Waals surface area contributed by atoms with E-state index in [1.807, 2.05) is 24.0 Å². The Kier molecular flexibility index (Phi) is 5.95. The van der Waals surface area contributed by atoms with Crippen LogP contribution in [0.1, 0.15) is 51.6 Å². The Bertz CT molecular complexity index is 1020. The van der Waals surface area contributed by atoms with Crippen LogP contribution in [0, 0.1) is 0 Å². The molecule has 0 radical (unpaired) electrons. The number of nitrogens with one attached hydrogen (secondary N) is 2. The number of ether oxygens (including phenoxy) is 1. The molecule has 7 heteroatoms. The van der Waals surface area contributed by atoms with Gasteiger partial charge in [-0.3, -0.25) is 9.59 Å². The van der Waals surface area contributed by atoms with Crippen LogP contribution in [-0.2, 0) is 17.7 Å². The summed E-state index contributed by atoms with van der Waals surface area (Å²) in [5.41, 5.74) is 3.00. The van der Waals surface area contributed by atoms with E-state index in [0.717, 1.165) is 12.8 Å². The van der Waals surface area contributed by atoms with Gasteiger partial charge in [0.05, 0.1) is 31.4 Å². The molecule has 5 rings (SSSR count). The second kappa shape index (κ2) is 8.89. The first-order valence-corrected chi connectivity index (χ1v) is 11.7. The molecule has 2 aromatic carbocycles. The minimum Gasteiger partial charge on any atom is -0.389 e. The molecule has 2 aromatic rings. The number of benzene rings is 2. The molecule has 3 N–H and O–H groups in total. The van der Waals surface area contributed by atoms with Gasteiger partial charge in [0, 0.05) is 29.8 Å². The van der Waals surface area contributed by atoms with Gasteiger partial charge in [0.2, 0.25) is 0 Å². The Morgan fingerprint density at radius 2 is 1.73 bits per heavy atom. The lowest BCUT2D eigenvalue weighted by atomic mass is 9.82. The number of fused-ring (bicyclic) bond motifs is 3. The van der Waals surface area contributed by atoms with Crippen LogP contribution in [0.15, 0.2) is 48.5 Å². The molecule has 0 spiro atoms. The molecule has 2 saturated heterocycles. The lowest BCUT2D eigenvalue weighted by molar-refractivity contribution is -0.00716. The zero-order valence-corrected chi connectivity index (χ0v) is 18.9. The maximum absolute atomic E-state index is 13.0. The van der Waals surface area contributed by atoms with Crippen molar-refractivity contribution >= 4 is 11.8 Å². The quantitative estimate of drug-likeness (QED) is 0.649. The highest BCUT2D eigenvalue weighted by molar-refractivity contribution is 5.98. The first-order chi connectivity index (χ1) is 15.9. The lowest BCUT2D eigenvalue weighted by Crippen LogP contribution is -2.58. The number of hydrogen-bond acceptors (Lipinski definition) is 5. The van der Waals surface area contributed by atoms with Crippen molar-refractivity contribution in [3.05, 3.63) is 70.8 Å². The average Bonchev–Trinajstić information content (AvgIpc) is 3.09. The summed E-state index contributed by atoms with van der Waals surface area (Å²) >= 11 is 0. The number of amides is 2. The molecule has 2 bridgehead atoms. The summed E-state index contributed by atoms with van der Waals surface area (Å²) < 4.78 is 5.57. The summed E-state index contributed by atoms with van der Waals surface area (Å²) in [6, 6.07) is 15.3. The molecule has 33 heavy (non-hydrogen) atoms. The fourth-order valence-corrected chi connectivity index (χ4v) is 5.28. The highest BCUT2D eigenvalue weighted by Crippen LogP contribution is 2.30. The van der Waals surface area contributed by atoms with E-state index >= 15 is 0 Å². The molecule has 7 nitrogen and oxygen atoms in total. The Morgan fingerprint density at radius 1 is 1.09 bits per heavy atom. The van der Waals surface area contributed by atoms with Crippen molar-refractivity contribution in [2.45, 2.75) is 56.5 Å².